The molecule has 4 rings (SSSR count). The van der Waals surface area contributed by atoms with E-state index in [1.54, 1.807) is 18.2 Å². The molecule has 1 amide bonds. The summed E-state index contributed by atoms with van der Waals surface area (Å²) in [5.41, 5.74) is 2.85. The quantitative estimate of drug-likeness (QED) is 0.803. The van der Waals surface area contributed by atoms with Crippen molar-refractivity contribution in [3.8, 4) is 5.75 Å². The van der Waals surface area contributed by atoms with Gasteiger partial charge in [0.2, 0.25) is 0 Å². The van der Waals surface area contributed by atoms with E-state index in [1.807, 2.05) is 12.1 Å². The van der Waals surface area contributed by atoms with Crippen LogP contribution in [0.5, 0.6) is 5.75 Å². The van der Waals surface area contributed by atoms with Gasteiger partial charge < -0.3 is 10.1 Å². The lowest BCUT2D eigenvalue weighted by atomic mass is 9.99. The number of halogens is 2. The van der Waals surface area contributed by atoms with Gasteiger partial charge in [-0.3, -0.25) is 9.69 Å². The minimum absolute atomic E-state index is 0.140. The summed E-state index contributed by atoms with van der Waals surface area (Å²) < 4.78 is 18.9. The first-order valence-electron chi connectivity index (χ1n) is 9.53. The lowest BCUT2D eigenvalue weighted by molar-refractivity contribution is 0.0729. The van der Waals surface area contributed by atoms with Gasteiger partial charge in [-0.2, -0.15) is 0 Å². The first-order chi connectivity index (χ1) is 13.6. The molecule has 1 unspecified atom stereocenters. The van der Waals surface area contributed by atoms with Crippen LogP contribution in [0.15, 0.2) is 48.5 Å². The zero-order valence-corrected chi connectivity index (χ0v) is 16.2. The fourth-order valence-electron chi connectivity index (χ4n) is 3.67. The Kier molecular flexibility index (Phi) is 5.64. The number of amides is 1. The van der Waals surface area contributed by atoms with Crippen molar-refractivity contribution in [1.82, 2.24) is 10.2 Å². The van der Waals surface area contributed by atoms with Gasteiger partial charge in [0.05, 0.1) is 10.6 Å². The Morgan fingerprint density at radius 1 is 1.21 bits per heavy atom. The van der Waals surface area contributed by atoms with Crippen molar-refractivity contribution < 1.29 is 13.9 Å². The molecule has 0 radical (unpaired) electrons. The topological polar surface area (TPSA) is 41.6 Å². The van der Waals surface area contributed by atoms with E-state index < -0.39 is 0 Å². The van der Waals surface area contributed by atoms with Crippen molar-refractivity contribution in [2.24, 2.45) is 0 Å². The highest BCUT2D eigenvalue weighted by Gasteiger charge is 2.27. The van der Waals surface area contributed by atoms with E-state index in [2.05, 4.69) is 16.3 Å². The Morgan fingerprint density at radius 2 is 2.04 bits per heavy atom. The van der Waals surface area contributed by atoms with Gasteiger partial charge in [0.1, 0.15) is 5.82 Å². The predicted molar refractivity (Wildman–Crippen MR) is 108 cm³/mol. The number of fused-ring (bicyclic) bond motifs is 1. The third kappa shape index (κ3) is 4.21. The molecule has 28 heavy (non-hydrogen) atoms. The Hall–Kier alpha value is -2.37. The molecule has 0 aliphatic carbocycles. The number of benzene rings is 2. The number of carbonyl (C=O) groups is 1. The average Bonchev–Trinajstić information content (AvgIpc) is 2.70. The van der Waals surface area contributed by atoms with Gasteiger partial charge >= 0.3 is 0 Å². The lowest BCUT2D eigenvalue weighted by Crippen LogP contribution is -2.43. The van der Waals surface area contributed by atoms with Crippen molar-refractivity contribution in [3.63, 3.8) is 0 Å². The minimum atomic E-state index is -0.352. The van der Waals surface area contributed by atoms with Crippen molar-refractivity contribution in [1.29, 1.82) is 0 Å². The fraction of sp³-hybridized carbons (Fsp3) is 0.318. The van der Waals surface area contributed by atoms with E-state index in [-0.39, 0.29) is 18.0 Å². The molecule has 1 N–H and O–H groups in total. The number of rotatable bonds is 5. The van der Waals surface area contributed by atoms with Crippen LogP contribution in [-0.4, -0.2) is 36.7 Å². The summed E-state index contributed by atoms with van der Waals surface area (Å²) in [5, 5.41) is 3.35. The lowest BCUT2D eigenvalue weighted by Gasteiger charge is -2.29. The second-order valence-corrected chi connectivity index (χ2v) is 7.53. The molecule has 6 heteroatoms. The maximum atomic E-state index is 13.1. The average molecular weight is 401 g/mol. The summed E-state index contributed by atoms with van der Waals surface area (Å²) in [6.07, 6.45) is 4.44. The Morgan fingerprint density at radius 3 is 2.79 bits per heavy atom. The summed E-state index contributed by atoms with van der Waals surface area (Å²) in [6.45, 7) is 2.77. The molecule has 2 heterocycles. The van der Waals surface area contributed by atoms with E-state index in [1.165, 1.54) is 17.7 Å². The van der Waals surface area contributed by atoms with Crippen molar-refractivity contribution in [2.75, 3.05) is 19.6 Å². The van der Waals surface area contributed by atoms with Crippen LogP contribution in [0.4, 0.5) is 4.39 Å². The van der Waals surface area contributed by atoms with E-state index in [9.17, 15) is 9.18 Å². The van der Waals surface area contributed by atoms with Crippen LogP contribution in [0.2, 0.25) is 5.02 Å². The molecule has 0 fully saturated rings. The van der Waals surface area contributed by atoms with Crippen molar-refractivity contribution in [3.05, 3.63) is 70.5 Å². The first kappa shape index (κ1) is 19.0. The SMILES string of the molecule is O=C1NC(CCCN2CC=C(c3ccc(F)cc3)CC2)Oc2c(Cl)cccc21. The number of nitrogens with one attached hydrogen (secondary N) is 1. The molecule has 4 nitrogen and oxygen atoms in total. The Balaban J connectivity index is 1.27. The zero-order valence-electron chi connectivity index (χ0n) is 15.5. The smallest absolute Gasteiger partial charge is 0.257 e. The van der Waals surface area contributed by atoms with Gasteiger partial charge in [0, 0.05) is 19.5 Å². The zero-order chi connectivity index (χ0) is 19.5. The molecule has 146 valence electrons. The number of hydrogen-bond acceptors (Lipinski definition) is 3. The molecule has 1 atom stereocenters. The summed E-state index contributed by atoms with van der Waals surface area (Å²) in [6, 6.07) is 11.9. The number of ether oxygens (including phenoxy) is 1. The van der Waals surface area contributed by atoms with E-state index in [4.69, 9.17) is 16.3 Å². The molecule has 0 saturated heterocycles. The van der Waals surface area contributed by atoms with Crippen LogP contribution in [0.3, 0.4) is 0 Å². The molecular weight excluding hydrogens is 379 g/mol. The Labute approximate surface area is 168 Å². The first-order valence-corrected chi connectivity index (χ1v) is 9.91. The number of carbonyl (C=O) groups excluding carboxylic acids is 1. The monoisotopic (exact) mass is 400 g/mol. The van der Waals surface area contributed by atoms with Crippen LogP contribution < -0.4 is 10.1 Å². The van der Waals surface area contributed by atoms with Crippen LogP contribution in [0, 0.1) is 5.82 Å². The van der Waals surface area contributed by atoms with Crippen molar-refractivity contribution in [2.45, 2.75) is 25.5 Å². The third-order valence-corrected chi connectivity index (χ3v) is 5.51. The van der Waals surface area contributed by atoms with E-state index in [0.29, 0.717) is 16.3 Å². The maximum Gasteiger partial charge on any atom is 0.257 e. The molecule has 2 aliphatic heterocycles. The molecule has 0 spiro atoms. The highest BCUT2D eigenvalue weighted by molar-refractivity contribution is 6.32. The highest BCUT2D eigenvalue weighted by atomic mass is 35.5. The molecule has 2 aromatic rings. The Bertz CT molecular complexity index is 898. The van der Waals surface area contributed by atoms with Crippen LogP contribution in [0.25, 0.3) is 5.57 Å². The van der Waals surface area contributed by atoms with Crippen LogP contribution in [0.1, 0.15) is 35.2 Å². The largest absolute Gasteiger partial charge is 0.468 e. The number of hydrogen-bond donors (Lipinski definition) is 1. The third-order valence-electron chi connectivity index (χ3n) is 5.21. The van der Waals surface area contributed by atoms with E-state index in [0.717, 1.165) is 44.5 Å². The standard InChI is InChI=1S/C22H22ClFN2O2/c23-19-4-1-3-18-21(19)28-20(25-22(18)27)5-2-12-26-13-10-16(11-14-26)15-6-8-17(24)9-7-15/h1,3-4,6-10,20H,2,5,11-14H2,(H,25,27). The predicted octanol–water partition coefficient (Wildman–Crippen LogP) is 4.50. The second-order valence-electron chi connectivity index (χ2n) is 7.13. The molecule has 0 aromatic heterocycles. The summed E-state index contributed by atoms with van der Waals surface area (Å²) in [7, 11) is 0. The fourth-order valence-corrected chi connectivity index (χ4v) is 3.89. The maximum absolute atomic E-state index is 13.1. The second kappa shape index (κ2) is 8.33. The number of para-hydroxylation sites is 1. The van der Waals surface area contributed by atoms with Crippen LogP contribution in [-0.2, 0) is 0 Å². The van der Waals surface area contributed by atoms with Gasteiger partial charge in [-0.25, -0.2) is 4.39 Å². The van der Waals surface area contributed by atoms with Gasteiger partial charge in [0.15, 0.2) is 12.0 Å². The van der Waals surface area contributed by atoms with E-state index >= 15 is 0 Å². The summed E-state index contributed by atoms with van der Waals surface area (Å²) in [5.74, 6) is 0.129. The molecule has 0 bridgehead atoms. The minimum Gasteiger partial charge on any atom is -0.468 e. The molecule has 0 saturated carbocycles. The normalized spacial score (nSPS) is 19.4. The molecule has 2 aromatic carbocycles. The van der Waals surface area contributed by atoms with Gasteiger partial charge in [0.25, 0.3) is 5.91 Å². The molecule has 2 aliphatic rings. The highest BCUT2D eigenvalue weighted by Crippen LogP contribution is 2.32. The number of nitrogens with zero attached hydrogens (tertiary/aromatic N) is 1. The summed E-state index contributed by atoms with van der Waals surface area (Å²) >= 11 is 6.16. The summed E-state index contributed by atoms with van der Waals surface area (Å²) in [4.78, 5) is 14.6. The van der Waals surface area contributed by atoms with Gasteiger partial charge in [-0.05, 0) is 54.8 Å². The van der Waals surface area contributed by atoms with Gasteiger partial charge in [-0.15, -0.1) is 0 Å². The van der Waals surface area contributed by atoms with Crippen LogP contribution >= 0.6 is 11.6 Å². The molecular formula is C22H22ClFN2O2. The van der Waals surface area contributed by atoms with Gasteiger partial charge in [-0.1, -0.05) is 35.9 Å². The van der Waals surface area contributed by atoms with Crippen molar-refractivity contribution >= 4 is 23.1 Å².